The number of carbonyl (C=O) groups is 13. The molecule has 10 atom stereocenters. The number of carbonyl (C=O) groups excluding carboxylic acids is 13. The van der Waals surface area contributed by atoms with Crippen molar-refractivity contribution in [1.29, 1.82) is 0 Å². The number of primary amides is 1. The molecule has 4 aliphatic rings. The van der Waals surface area contributed by atoms with E-state index in [2.05, 4.69) is 68.5 Å². The molecule has 31 heteroatoms. The summed E-state index contributed by atoms with van der Waals surface area (Å²) in [5, 5.41) is 32.3. The van der Waals surface area contributed by atoms with Gasteiger partial charge in [0.2, 0.25) is 76.8 Å². The molecule has 9 rings (SSSR count). The van der Waals surface area contributed by atoms with Gasteiger partial charge in [0.05, 0.1) is 6.42 Å². The molecule has 4 aliphatic heterocycles. The highest BCUT2D eigenvalue weighted by Gasteiger charge is 2.41. The van der Waals surface area contributed by atoms with Crippen LogP contribution in [-0.2, 0) is 81.6 Å². The van der Waals surface area contributed by atoms with Crippen molar-refractivity contribution in [2.24, 2.45) is 28.1 Å². The van der Waals surface area contributed by atoms with E-state index >= 15 is 14.4 Å². The molecular weight excluding hydrogens is 1320 g/mol. The van der Waals surface area contributed by atoms with Gasteiger partial charge in [0.25, 0.3) is 0 Å². The second-order valence-corrected chi connectivity index (χ2v) is 26.5. The molecule has 540 valence electrons. The second kappa shape index (κ2) is 36.4. The summed E-state index contributed by atoms with van der Waals surface area (Å²) in [6, 6.07) is 11.6. The molecule has 0 aliphatic carbocycles. The molecule has 18 N–H and O–H groups in total. The van der Waals surface area contributed by atoms with E-state index in [1.54, 1.807) is 68.6 Å². The Balaban J connectivity index is 1.18. The molecule has 4 fully saturated rings. The van der Waals surface area contributed by atoms with Crippen molar-refractivity contribution in [3.63, 3.8) is 0 Å². The van der Waals surface area contributed by atoms with E-state index in [1.807, 2.05) is 42.5 Å². The maximum absolute atomic E-state index is 15.5. The van der Waals surface area contributed by atoms with E-state index in [9.17, 15) is 47.9 Å². The minimum atomic E-state index is -2.00. The number of aromatic nitrogens is 1. The maximum Gasteiger partial charge on any atom is 0.245 e. The number of hydrogen-bond acceptors (Lipinski definition) is 14. The fraction of sp³-hybridized carbons (Fsp3) is 0.457. The Kier molecular flexibility index (Phi) is 27.5. The Morgan fingerprint density at radius 3 is 2.00 bits per heavy atom. The predicted molar refractivity (Wildman–Crippen MR) is 375 cm³/mol. The van der Waals surface area contributed by atoms with E-state index in [-0.39, 0.29) is 95.7 Å². The van der Waals surface area contributed by atoms with Gasteiger partial charge in [0.15, 0.2) is 5.96 Å². The van der Waals surface area contributed by atoms with Crippen LogP contribution in [0.4, 0.5) is 0 Å². The van der Waals surface area contributed by atoms with Crippen LogP contribution in [0.25, 0.3) is 21.7 Å². The lowest BCUT2D eigenvalue weighted by Gasteiger charge is -2.31. The lowest BCUT2D eigenvalue weighted by molar-refractivity contribution is -0.142. The number of nitrogens with two attached hydrogens (primary N) is 3. The largest absolute Gasteiger partial charge is 0.370 e. The molecule has 1 unspecified atom stereocenters. The van der Waals surface area contributed by atoms with Crippen molar-refractivity contribution in [3.05, 3.63) is 119 Å². The van der Waals surface area contributed by atoms with E-state index in [1.165, 1.54) is 11.8 Å². The highest BCUT2D eigenvalue weighted by molar-refractivity contribution is 6.30. The molecule has 30 nitrogen and oxygen atoms in total. The molecule has 5 aromatic rings. The van der Waals surface area contributed by atoms with Gasteiger partial charge in [0.1, 0.15) is 60.4 Å². The van der Waals surface area contributed by atoms with E-state index in [4.69, 9.17) is 28.8 Å². The molecular formula is C70H90ClN17O13. The number of rotatable bonds is 20. The Morgan fingerprint density at radius 2 is 1.29 bits per heavy atom. The summed E-state index contributed by atoms with van der Waals surface area (Å²) >= 11 is 6.29. The first-order valence-electron chi connectivity index (χ1n) is 33.9. The van der Waals surface area contributed by atoms with Gasteiger partial charge in [0, 0.05) is 80.9 Å². The van der Waals surface area contributed by atoms with Crippen molar-refractivity contribution in [2.75, 3.05) is 26.2 Å². The number of H-pyrrole nitrogens is 1. The topological polar surface area (TPSA) is 464 Å². The SMILES string of the molecule is CC(=O)N[C@H](Cc1ccc2ccccc2c1)C(=O)N[C@H](Cc1ccc(Cl)cc1)C(=O)N[C@H](Cc1c[nH]c2ccccc12)C(=O)N[C@H]1CC(=O)NCC(C(N)=O)NC(=O)[C@@H]2CCCN2C(=O)[C@@H]2CCCCNC(=O)CC[C@H](NC1=O)C(=O)N[C@H](CCCN=C(N)N)C(=O)N[C@@H](CC(C)C)C(=O)N2. The summed E-state index contributed by atoms with van der Waals surface area (Å²) in [5.74, 6) is -11.9. The van der Waals surface area contributed by atoms with Gasteiger partial charge in [-0.3, -0.25) is 67.3 Å². The standard InChI is InChI=1S/C70H90ClN17O13/c1-38(2)30-51-63(95)82-50-16-8-9-27-75-58(90)26-25-49(62(94)80-48(61(93)83-51)17-10-28-76-70(73)74)81-67(99)55(35-59(91)78-37-56(60(72)92)87-68(100)57-18-11-29-88(57)69(50)101)86-66(98)54(34-44-36-77-47-15-7-6-14-46(44)47)85-65(97)53(32-40-20-23-45(71)24-21-40)84-64(96)52(79-39(3)89)33-41-19-22-42-12-4-5-13-43(42)31-41/h4-7,12-15,19-24,31,36,38,48-57,77H,8-11,16-18,25-30,32-35,37H2,1-3H3,(H2,72,92)(H,75,90)(H,78,91)(H,79,89)(H,80,94)(H,81,99)(H,82,95)(H,83,93)(H,84,96)(H,85,97)(H,86,98)(H,87,100)(H4,73,74,76)/t48-,49+,50+,51+,52-,53-,54-,55+,56?,57+/m1/s1. The van der Waals surface area contributed by atoms with Crippen LogP contribution in [0.2, 0.25) is 5.02 Å². The smallest absolute Gasteiger partial charge is 0.245 e. The highest BCUT2D eigenvalue weighted by atomic mass is 35.5. The van der Waals surface area contributed by atoms with Gasteiger partial charge in [-0.15, -0.1) is 0 Å². The summed E-state index contributed by atoms with van der Waals surface area (Å²) < 4.78 is 0. The van der Waals surface area contributed by atoms with Crippen LogP contribution in [0.3, 0.4) is 0 Å². The summed E-state index contributed by atoms with van der Waals surface area (Å²) in [6.07, 6.45) is 0.208. The van der Waals surface area contributed by atoms with Crippen LogP contribution in [0.5, 0.6) is 0 Å². The first kappa shape index (κ1) is 76.1. The number of benzene rings is 4. The highest BCUT2D eigenvalue weighted by Crippen LogP contribution is 2.24. The molecule has 0 radical (unpaired) electrons. The Morgan fingerprint density at radius 1 is 0.634 bits per heavy atom. The van der Waals surface area contributed by atoms with Gasteiger partial charge in [-0.1, -0.05) is 98.2 Å². The number of hydrogen-bond donors (Lipinski definition) is 15. The molecule has 13 amide bonds. The first-order chi connectivity index (χ1) is 48.3. The first-order valence-corrected chi connectivity index (χ1v) is 34.3. The zero-order chi connectivity index (χ0) is 72.9. The minimum Gasteiger partial charge on any atom is -0.370 e. The van der Waals surface area contributed by atoms with Crippen LogP contribution in [0.1, 0.15) is 108 Å². The average molecular weight is 1410 g/mol. The normalized spacial score (nSPS) is 21.8. The van der Waals surface area contributed by atoms with E-state index in [0.29, 0.717) is 39.0 Å². The molecule has 0 spiro atoms. The number of guanidine groups is 1. The van der Waals surface area contributed by atoms with Gasteiger partial charge in [-0.05, 0) is 109 Å². The molecule has 1 aromatic heterocycles. The Labute approximate surface area is 588 Å². The molecule has 101 heavy (non-hydrogen) atoms. The molecule has 5 heterocycles. The summed E-state index contributed by atoms with van der Waals surface area (Å²) in [7, 11) is 0. The third-order valence-corrected chi connectivity index (χ3v) is 18.0. The van der Waals surface area contributed by atoms with Crippen molar-refractivity contribution >= 4 is 116 Å². The minimum absolute atomic E-state index is 0.00103. The molecule has 4 aromatic carbocycles. The third-order valence-electron chi connectivity index (χ3n) is 17.8. The Bertz CT molecular complexity index is 3900. The number of halogens is 1. The zero-order valence-corrected chi connectivity index (χ0v) is 57.4. The quantitative estimate of drug-likeness (QED) is 0.0203. The van der Waals surface area contributed by atoms with Crippen molar-refractivity contribution in [1.82, 2.24) is 68.4 Å². The molecule has 0 saturated carbocycles. The second-order valence-electron chi connectivity index (χ2n) is 26.1. The predicted octanol–water partition coefficient (Wildman–Crippen LogP) is -0.438. The number of aliphatic imine (C=N–C) groups is 1. The monoisotopic (exact) mass is 1410 g/mol. The number of nitrogens with zero attached hydrogens (tertiary/aromatic N) is 2. The number of fused-ring (bicyclic) bond motifs is 25. The lowest BCUT2D eigenvalue weighted by atomic mass is 9.99. The van der Waals surface area contributed by atoms with Crippen LogP contribution in [-0.4, -0.2) is 179 Å². The molecule has 4 saturated heterocycles. The van der Waals surface area contributed by atoms with E-state index in [0.717, 1.165) is 10.8 Å². The van der Waals surface area contributed by atoms with Crippen molar-refractivity contribution in [3.8, 4) is 0 Å². The lowest BCUT2D eigenvalue weighted by Crippen LogP contribution is -2.61. The fourth-order valence-corrected chi connectivity index (χ4v) is 12.6. The summed E-state index contributed by atoms with van der Waals surface area (Å²) in [4.78, 5) is 196. The van der Waals surface area contributed by atoms with Crippen molar-refractivity contribution < 1.29 is 62.3 Å². The Hall–Kier alpha value is -10.6. The van der Waals surface area contributed by atoms with Crippen molar-refractivity contribution in [2.45, 2.75) is 171 Å². The number of nitrogens with one attached hydrogen (secondary N) is 12. The maximum atomic E-state index is 15.5. The number of amides is 13. The van der Waals surface area contributed by atoms with Crippen LogP contribution >= 0.6 is 11.6 Å². The summed E-state index contributed by atoms with van der Waals surface area (Å²) in [6.45, 7) is 4.25. The molecule has 2 bridgehead atoms. The average Bonchev–Trinajstić information content (AvgIpc) is 1.81. The van der Waals surface area contributed by atoms with Gasteiger partial charge in [-0.2, -0.15) is 0 Å². The number of para-hydroxylation sites is 1. The third kappa shape index (κ3) is 22.4. The zero-order valence-electron chi connectivity index (χ0n) is 56.6. The fourth-order valence-electron chi connectivity index (χ4n) is 12.5. The summed E-state index contributed by atoms with van der Waals surface area (Å²) in [5.41, 5.74) is 19.4. The van der Waals surface area contributed by atoms with Gasteiger partial charge in [-0.25, -0.2) is 0 Å². The van der Waals surface area contributed by atoms with Crippen LogP contribution in [0.15, 0.2) is 102 Å². The van der Waals surface area contributed by atoms with Crippen LogP contribution in [0, 0.1) is 5.92 Å². The van der Waals surface area contributed by atoms with Gasteiger partial charge >= 0.3 is 0 Å². The van der Waals surface area contributed by atoms with Crippen LogP contribution < -0.4 is 75.7 Å². The van der Waals surface area contributed by atoms with Gasteiger partial charge < -0.3 is 85.6 Å². The van der Waals surface area contributed by atoms with E-state index < -0.39 is 163 Å². The number of aromatic amines is 1.